The molecule has 2 aromatic heterocycles. The Bertz CT molecular complexity index is 978. The molecule has 1 aliphatic heterocycles. The van der Waals surface area contributed by atoms with Crippen molar-refractivity contribution in [3.8, 4) is 11.4 Å². The Hall–Kier alpha value is -3.00. The summed E-state index contributed by atoms with van der Waals surface area (Å²) in [7, 11) is 1.87. The van der Waals surface area contributed by atoms with Crippen LogP contribution in [0, 0.1) is 6.92 Å². The molecule has 27 heavy (non-hydrogen) atoms. The second kappa shape index (κ2) is 6.62. The van der Waals surface area contributed by atoms with Gasteiger partial charge in [0.05, 0.1) is 24.5 Å². The van der Waals surface area contributed by atoms with Gasteiger partial charge in [-0.3, -0.25) is 14.0 Å². The SMILES string of the molecule is Cc1cc(CNC(=O)C2(C)COCc3nnc(-c4ccccc4)n32)n(C)n1. The lowest BCUT2D eigenvalue weighted by Gasteiger charge is -2.35. The molecule has 1 amide bonds. The summed E-state index contributed by atoms with van der Waals surface area (Å²) in [5.41, 5.74) is 1.84. The summed E-state index contributed by atoms with van der Waals surface area (Å²) < 4.78 is 9.33. The van der Waals surface area contributed by atoms with Crippen molar-refractivity contribution in [2.24, 2.45) is 7.05 Å². The van der Waals surface area contributed by atoms with Crippen molar-refractivity contribution in [1.29, 1.82) is 0 Å². The van der Waals surface area contributed by atoms with Gasteiger partial charge >= 0.3 is 0 Å². The molecule has 0 saturated carbocycles. The molecule has 1 aliphatic rings. The van der Waals surface area contributed by atoms with E-state index in [0.717, 1.165) is 17.0 Å². The second-order valence-electron chi connectivity index (χ2n) is 6.99. The molecule has 140 valence electrons. The van der Waals surface area contributed by atoms with Gasteiger partial charge in [0.15, 0.2) is 11.6 Å². The molecule has 4 rings (SSSR count). The van der Waals surface area contributed by atoms with Gasteiger partial charge in [0.25, 0.3) is 0 Å². The topological polar surface area (TPSA) is 86.9 Å². The number of hydrogen-bond donors (Lipinski definition) is 1. The highest BCUT2D eigenvalue weighted by Gasteiger charge is 2.42. The smallest absolute Gasteiger partial charge is 0.248 e. The van der Waals surface area contributed by atoms with Crippen LogP contribution in [0.5, 0.6) is 0 Å². The van der Waals surface area contributed by atoms with Gasteiger partial charge in [-0.05, 0) is 19.9 Å². The van der Waals surface area contributed by atoms with Gasteiger partial charge in [-0.2, -0.15) is 5.10 Å². The zero-order valence-corrected chi connectivity index (χ0v) is 15.6. The van der Waals surface area contributed by atoms with Crippen molar-refractivity contribution in [3.63, 3.8) is 0 Å². The minimum Gasteiger partial charge on any atom is -0.370 e. The van der Waals surface area contributed by atoms with Crippen LogP contribution in [-0.2, 0) is 35.3 Å². The first kappa shape index (κ1) is 17.4. The molecular weight excluding hydrogens is 344 g/mol. The Morgan fingerprint density at radius 2 is 2.07 bits per heavy atom. The number of nitrogens with one attached hydrogen (secondary N) is 1. The number of aromatic nitrogens is 5. The molecule has 0 saturated heterocycles. The van der Waals surface area contributed by atoms with E-state index in [0.29, 0.717) is 24.8 Å². The van der Waals surface area contributed by atoms with Crippen LogP contribution in [0.15, 0.2) is 36.4 Å². The first-order chi connectivity index (χ1) is 13.0. The lowest BCUT2D eigenvalue weighted by atomic mass is 9.99. The van der Waals surface area contributed by atoms with E-state index in [-0.39, 0.29) is 12.5 Å². The van der Waals surface area contributed by atoms with E-state index in [1.165, 1.54) is 0 Å². The van der Waals surface area contributed by atoms with Gasteiger partial charge in [0.2, 0.25) is 5.91 Å². The lowest BCUT2D eigenvalue weighted by molar-refractivity contribution is -0.135. The average molecular weight is 366 g/mol. The van der Waals surface area contributed by atoms with Crippen molar-refractivity contribution in [1.82, 2.24) is 29.9 Å². The quantitative estimate of drug-likeness (QED) is 0.757. The maximum absolute atomic E-state index is 13.2. The van der Waals surface area contributed by atoms with E-state index >= 15 is 0 Å². The Labute approximate surface area is 157 Å². The van der Waals surface area contributed by atoms with Gasteiger partial charge in [0, 0.05) is 12.6 Å². The van der Waals surface area contributed by atoms with Gasteiger partial charge < -0.3 is 10.1 Å². The number of amides is 1. The maximum Gasteiger partial charge on any atom is 0.248 e. The van der Waals surface area contributed by atoms with Crippen LogP contribution >= 0.6 is 0 Å². The van der Waals surface area contributed by atoms with E-state index in [1.54, 1.807) is 4.68 Å². The van der Waals surface area contributed by atoms with Crippen LogP contribution in [0.1, 0.15) is 24.1 Å². The monoisotopic (exact) mass is 366 g/mol. The third-order valence-corrected chi connectivity index (χ3v) is 4.89. The Balaban J connectivity index is 1.65. The van der Waals surface area contributed by atoms with Crippen molar-refractivity contribution in [3.05, 3.63) is 53.6 Å². The molecular formula is C19H22N6O2. The van der Waals surface area contributed by atoms with E-state index in [2.05, 4.69) is 20.6 Å². The van der Waals surface area contributed by atoms with Crippen LogP contribution in [0.25, 0.3) is 11.4 Å². The minimum absolute atomic E-state index is 0.140. The molecule has 8 nitrogen and oxygen atoms in total. The van der Waals surface area contributed by atoms with Crippen LogP contribution in [-0.4, -0.2) is 37.1 Å². The van der Waals surface area contributed by atoms with Gasteiger partial charge in [-0.15, -0.1) is 10.2 Å². The molecule has 1 N–H and O–H groups in total. The normalized spacial score (nSPS) is 18.9. The molecule has 1 atom stereocenters. The third-order valence-electron chi connectivity index (χ3n) is 4.89. The summed E-state index contributed by atoms with van der Waals surface area (Å²) >= 11 is 0. The molecule has 3 heterocycles. The molecule has 8 heteroatoms. The van der Waals surface area contributed by atoms with Crippen molar-refractivity contribution < 1.29 is 9.53 Å². The number of ether oxygens (including phenoxy) is 1. The maximum atomic E-state index is 13.2. The molecule has 1 unspecified atom stereocenters. The van der Waals surface area contributed by atoms with Gasteiger partial charge in [-0.1, -0.05) is 30.3 Å². The number of fused-ring (bicyclic) bond motifs is 1. The number of nitrogens with zero attached hydrogens (tertiary/aromatic N) is 5. The number of benzene rings is 1. The molecule has 3 aromatic rings. The standard InChI is InChI=1S/C19H22N6O2/c1-13-9-15(24(3)23-13)10-20-18(26)19(2)12-27-11-16-21-22-17(25(16)19)14-7-5-4-6-8-14/h4-9H,10-12H2,1-3H3,(H,20,26). The fraction of sp³-hybridized carbons (Fsp3) is 0.368. The fourth-order valence-electron chi connectivity index (χ4n) is 3.47. The number of rotatable bonds is 4. The number of hydrogen-bond acceptors (Lipinski definition) is 5. The van der Waals surface area contributed by atoms with Crippen LogP contribution in [0.3, 0.4) is 0 Å². The van der Waals surface area contributed by atoms with Crippen LogP contribution < -0.4 is 5.32 Å². The third kappa shape index (κ3) is 3.02. The van der Waals surface area contributed by atoms with Crippen molar-refractivity contribution >= 4 is 5.91 Å². The van der Waals surface area contributed by atoms with E-state index in [4.69, 9.17) is 4.74 Å². The predicted molar refractivity (Wildman–Crippen MR) is 98.6 cm³/mol. The Kier molecular flexibility index (Phi) is 4.27. The molecule has 0 bridgehead atoms. The molecule has 0 aliphatic carbocycles. The van der Waals surface area contributed by atoms with Crippen LogP contribution in [0.2, 0.25) is 0 Å². The summed E-state index contributed by atoms with van der Waals surface area (Å²) in [5, 5.41) is 15.9. The second-order valence-corrected chi connectivity index (χ2v) is 6.99. The van der Waals surface area contributed by atoms with Gasteiger partial charge in [-0.25, -0.2) is 0 Å². The molecule has 0 spiro atoms. The molecule has 0 fully saturated rings. The zero-order valence-electron chi connectivity index (χ0n) is 15.6. The fourth-order valence-corrected chi connectivity index (χ4v) is 3.47. The first-order valence-corrected chi connectivity index (χ1v) is 8.85. The van der Waals surface area contributed by atoms with Gasteiger partial charge in [0.1, 0.15) is 12.1 Å². The highest BCUT2D eigenvalue weighted by atomic mass is 16.5. The summed E-state index contributed by atoms with van der Waals surface area (Å²) in [4.78, 5) is 13.2. The summed E-state index contributed by atoms with van der Waals surface area (Å²) in [6.45, 7) is 4.77. The Morgan fingerprint density at radius 1 is 1.30 bits per heavy atom. The van der Waals surface area contributed by atoms with E-state index in [9.17, 15) is 4.79 Å². The lowest BCUT2D eigenvalue weighted by Crippen LogP contribution is -2.52. The van der Waals surface area contributed by atoms with E-state index in [1.807, 2.05) is 61.9 Å². The summed E-state index contributed by atoms with van der Waals surface area (Å²) in [6.07, 6.45) is 0. The number of aryl methyl sites for hydroxylation is 2. The number of carbonyl (C=O) groups excluding carboxylic acids is 1. The number of carbonyl (C=O) groups is 1. The predicted octanol–water partition coefficient (Wildman–Crippen LogP) is 1.55. The van der Waals surface area contributed by atoms with Crippen LogP contribution in [0.4, 0.5) is 0 Å². The Morgan fingerprint density at radius 3 is 2.78 bits per heavy atom. The summed E-state index contributed by atoms with van der Waals surface area (Å²) in [5.74, 6) is 1.18. The largest absolute Gasteiger partial charge is 0.370 e. The van der Waals surface area contributed by atoms with Crippen molar-refractivity contribution in [2.75, 3.05) is 6.61 Å². The average Bonchev–Trinajstić information content (AvgIpc) is 3.24. The highest BCUT2D eigenvalue weighted by Crippen LogP contribution is 2.31. The summed E-state index contributed by atoms with van der Waals surface area (Å²) in [6, 6.07) is 11.7. The zero-order chi connectivity index (χ0) is 19.0. The van der Waals surface area contributed by atoms with E-state index < -0.39 is 5.54 Å². The van der Waals surface area contributed by atoms with Crippen molar-refractivity contribution in [2.45, 2.75) is 32.5 Å². The first-order valence-electron chi connectivity index (χ1n) is 8.85. The highest BCUT2D eigenvalue weighted by molar-refractivity contribution is 5.85. The minimum atomic E-state index is -0.935. The molecule has 1 aromatic carbocycles. The molecule has 0 radical (unpaired) electrons.